The third kappa shape index (κ3) is 3.98. The number of hydrogen-bond acceptors (Lipinski definition) is 5. The number of nitrogens with one attached hydrogen (secondary N) is 1. The molecule has 3 aromatic rings. The summed E-state index contributed by atoms with van der Waals surface area (Å²) in [5, 5.41) is 3.15. The van der Waals surface area contributed by atoms with Crippen LogP contribution in [0.4, 0.5) is 4.39 Å². The number of rotatable bonds is 5. The summed E-state index contributed by atoms with van der Waals surface area (Å²) in [4.78, 5) is 35.5. The molecule has 2 aromatic heterocycles. The number of fused-ring (bicyclic) bond motifs is 3. The van der Waals surface area contributed by atoms with Crippen molar-refractivity contribution in [1.29, 1.82) is 0 Å². The molecule has 3 fully saturated rings. The first-order valence-electron chi connectivity index (χ1n) is 13.6. The summed E-state index contributed by atoms with van der Waals surface area (Å²) in [5.74, 6) is -0.808. The van der Waals surface area contributed by atoms with Gasteiger partial charge in [0.25, 0.3) is 5.91 Å². The number of allylic oxidation sites excluding steroid dienone is 1. The molecular weight excluding hydrogens is 493 g/mol. The second-order valence-corrected chi connectivity index (χ2v) is 11.3. The van der Waals surface area contributed by atoms with Crippen molar-refractivity contribution in [2.75, 3.05) is 0 Å². The van der Waals surface area contributed by atoms with E-state index in [0.29, 0.717) is 12.0 Å². The zero-order valence-corrected chi connectivity index (χ0v) is 22.4. The molecule has 3 heterocycles. The van der Waals surface area contributed by atoms with Crippen molar-refractivity contribution in [3.05, 3.63) is 89.8 Å². The van der Waals surface area contributed by atoms with Crippen molar-refractivity contribution in [2.24, 2.45) is 23.2 Å². The Labute approximate surface area is 227 Å². The maximum atomic E-state index is 13.7. The number of hydrogen-bond donors (Lipinski definition) is 1. The molecular formula is C32H32FN3O3. The fraction of sp³-hybridized carbons (Fsp3) is 0.375. The van der Waals surface area contributed by atoms with Crippen LogP contribution >= 0.6 is 0 Å². The van der Waals surface area contributed by atoms with Crippen molar-refractivity contribution in [3.8, 4) is 11.1 Å². The van der Waals surface area contributed by atoms with E-state index in [-0.39, 0.29) is 47.0 Å². The lowest BCUT2D eigenvalue weighted by atomic mass is 9.40. The van der Waals surface area contributed by atoms with E-state index in [2.05, 4.69) is 35.2 Å². The summed E-state index contributed by atoms with van der Waals surface area (Å²) >= 11 is 0. The highest BCUT2D eigenvalue weighted by molar-refractivity contribution is 5.99. The standard InChI is InChI=1S/C32H32FN3O3/c1-4-31-17-24(15-26-9-8-23(18-35-26)22-6-5-7-25(33)14-22)28(31)27-20(3)39-30(38)32(27,16-19(31)2)36-29(37)21-10-12-34-13-11-21/h5-15,18-20,27-28H,4,16-17H2,1-3H3,(H,36,37)/b24-15-/t19?,20-,27+,28-,31+,32?/m1/s1. The van der Waals surface area contributed by atoms with Crippen molar-refractivity contribution in [2.45, 2.75) is 51.7 Å². The molecule has 0 bridgehead atoms. The van der Waals surface area contributed by atoms with E-state index in [9.17, 15) is 14.0 Å². The van der Waals surface area contributed by atoms with Gasteiger partial charge in [-0.05, 0) is 85.4 Å². The van der Waals surface area contributed by atoms with Gasteiger partial charge in [0, 0.05) is 35.6 Å². The molecule has 200 valence electrons. The highest BCUT2D eigenvalue weighted by atomic mass is 19.1. The smallest absolute Gasteiger partial charge is 0.332 e. The van der Waals surface area contributed by atoms with Gasteiger partial charge in [0.1, 0.15) is 17.5 Å². The molecule has 1 aromatic carbocycles. The molecule has 2 unspecified atom stereocenters. The molecule has 1 saturated heterocycles. The monoisotopic (exact) mass is 525 g/mol. The van der Waals surface area contributed by atoms with E-state index >= 15 is 0 Å². The van der Waals surface area contributed by atoms with Crippen LogP contribution in [0.1, 0.15) is 56.1 Å². The molecule has 0 radical (unpaired) electrons. The first-order valence-corrected chi connectivity index (χ1v) is 13.6. The molecule has 2 aliphatic carbocycles. The number of amides is 1. The van der Waals surface area contributed by atoms with E-state index in [1.807, 2.05) is 25.1 Å². The maximum Gasteiger partial charge on any atom is 0.332 e. The quantitative estimate of drug-likeness (QED) is 0.423. The lowest BCUT2D eigenvalue weighted by Crippen LogP contribution is -2.69. The topological polar surface area (TPSA) is 81.2 Å². The molecule has 1 N–H and O–H groups in total. The van der Waals surface area contributed by atoms with Crippen molar-refractivity contribution >= 4 is 18.0 Å². The first-order chi connectivity index (χ1) is 18.8. The summed E-state index contributed by atoms with van der Waals surface area (Å²) in [6, 6.07) is 13.7. The number of aromatic nitrogens is 2. The lowest BCUT2D eigenvalue weighted by Gasteiger charge is -2.64. The lowest BCUT2D eigenvalue weighted by molar-refractivity contribution is -0.148. The van der Waals surface area contributed by atoms with E-state index in [4.69, 9.17) is 4.74 Å². The predicted molar refractivity (Wildman–Crippen MR) is 146 cm³/mol. The zero-order valence-electron chi connectivity index (χ0n) is 22.4. The van der Waals surface area contributed by atoms with Crippen molar-refractivity contribution in [3.63, 3.8) is 0 Å². The second-order valence-electron chi connectivity index (χ2n) is 11.3. The molecule has 39 heavy (non-hydrogen) atoms. The van der Waals surface area contributed by atoms with Crippen LogP contribution in [0.3, 0.4) is 0 Å². The van der Waals surface area contributed by atoms with Gasteiger partial charge in [0.15, 0.2) is 0 Å². The minimum Gasteiger partial charge on any atom is -0.460 e. The van der Waals surface area contributed by atoms with Crippen LogP contribution in [-0.2, 0) is 9.53 Å². The SMILES string of the molecule is CC[C@@]12C/C(=C/c3ccc(-c4cccc(F)c4)cn3)[C@@H]1[C@@H]1[C@@H](C)OC(=O)C1(NC(=O)c1ccncc1)CC2C. The number of pyridine rings is 2. The van der Waals surface area contributed by atoms with Gasteiger partial charge < -0.3 is 10.1 Å². The van der Waals surface area contributed by atoms with Gasteiger partial charge in [0.05, 0.1) is 5.69 Å². The van der Waals surface area contributed by atoms with Crippen LogP contribution in [0.15, 0.2) is 72.7 Å². The Morgan fingerprint density at radius 3 is 2.64 bits per heavy atom. The molecule has 1 amide bonds. The summed E-state index contributed by atoms with van der Waals surface area (Å²) < 4.78 is 19.6. The third-order valence-electron chi connectivity index (χ3n) is 9.47. The van der Waals surface area contributed by atoms with Gasteiger partial charge in [-0.3, -0.25) is 14.8 Å². The Balaban J connectivity index is 1.35. The number of halogens is 1. The largest absolute Gasteiger partial charge is 0.460 e. The zero-order chi connectivity index (χ0) is 27.4. The average Bonchev–Trinajstić information content (AvgIpc) is 3.15. The Bertz CT molecular complexity index is 1460. The third-order valence-corrected chi connectivity index (χ3v) is 9.47. The fourth-order valence-corrected chi connectivity index (χ4v) is 7.57. The first kappa shape index (κ1) is 25.4. The molecule has 6 nitrogen and oxygen atoms in total. The minimum atomic E-state index is -1.09. The molecule has 6 atom stereocenters. The number of cyclic esters (lactones) is 1. The van der Waals surface area contributed by atoms with Gasteiger partial charge in [-0.15, -0.1) is 0 Å². The minimum absolute atomic E-state index is 0.0329. The Kier molecular flexibility index (Phi) is 6.12. The average molecular weight is 526 g/mol. The number of esters is 1. The van der Waals surface area contributed by atoms with Crippen LogP contribution in [0.25, 0.3) is 17.2 Å². The number of ether oxygens (including phenoxy) is 1. The van der Waals surface area contributed by atoms with Gasteiger partial charge in [-0.2, -0.15) is 0 Å². The van der Waals surface area contributed by atoms with Crippen molar-refractivity contribution in [1.82, 2.24) is 15.3 Å². The van der Waals surface area contributed by atoms with E-state index < -0.39 is 5.54 Å². The summed E-state index contributed by atoms with van der Waals surface area (Å²) in [7, 11) is 0. The maximum absolute atomic E-state index is 13.7. The Hall–Kier alpha value is -3.87. The van der Waals surface area contributed by atoms with Crippen molar-refractivity contribution < 1.29 is 18.7 Å². The Morgan fingerprint density at radius 1 is 1.15 bits per heavy atom. The fourth-order valence-electron chi connectivity index (χ4n) is 7.57. The molecule has 0 spiro atoms. The highest BCUT2D eigenvalue weighted by Gasteiger charge is 2.71. The highest BCUT2D eigenvalue weighted by Crippen LogP contribution is 2.69. The Morgan fingerprint density at radius 2 is 1.95 bits per heavy atom. The molecule has 3 aliphatic rings. The molecule has 6 rings (SSSR count). The number of carbonyl (C=O) groups excluding carboxylic acids is 2. The van der Waals surface area contributed by atoms with Gasteiger partial charge in [-0.1, -0.05) is 37.6 Å². The normalized spacial score (nSPS) is 32.1. The van der Waals surface area contributed by atoms with Crippen LogP contribution in [-0.4, -0.2) is 33.5 Å². The van der Waals surface area contributed by atoms with E-state index in [1.165, 1.54) is 17.7 Å². The summed E-state index contributed by atoms with van der Waals surface area (Å²) in [6.07, 6.45) is 9.16. The molecule has 1 aliphatic heterocycles. The van der Waals surface area contributed by atoms with Crippen LogP contribution in [0.2, 0.25) is 0 Å². The predicted octanol–water partition coefficient (Wildman–Crippen LogP) is 5.85. The summed E-state index contributed by atoms with van der Waals surface area (Å²) in [6.45, 7) is 6.37. The number of carbonyl (C=O) groups is 2. The van der Waals surface area contributed by atoms with Crippen LogP contribution in [0, 0.1) is 29.0 Å². The van der Waals surface area contributed by atoms with E-state index in [0.717, 1.165) is 29.7 Å². The van der Waals surface area contributed by atoms with Crippen LogP contribution < -0.4 is 5.32 Å². The molecule has 7 heteroatoms. The second kappa shape index (κ2) is 9.40. The van der Waals surface area contributed by atoms with Crippen LogP contribution in [0.5, 0.6) is 0 Å². The van der Waals surface area contributed by atoms with Gasteiger partial charge >= 0.3 is 5.97 Å². The summed E-state index contributed by atoms with van der Waals surface area (Å²) in [5.41, 5.74) is 3.09. The van der Waals surface area contributed by atoms with E-state index in [1.54, 1.807) is 36.8 Å². The molecule has 2 saturated carbocycles. The van der Waals surface area contributed by atoms with Gasteiger partial charge in [-0.25, -0.2) is 9.18 Å². The number of nitrogens with zero attached hydrogens (tertiary/aromatic N) is 2. The van der Waals surface area contributed by atoms with Gasteiger partial charge in [0.2, 0.25) is 0 Å². The number of benzene rings is 1.